The molecule has 0 rings (SSSR count). The maximum atomic E-state index is 11.3. The summed E-state index contributed by atoms with van der Waals surface area (Å²) in [5.74, 6) is -1.50. The van der Waals surface area contributed by atoms with Crippen LogP contribution in [0.15, 0.2) is 0 Å². The predicted molar refractivity (Wildman–Crippen MR) is 57.5 cm³/mol. The minimum Gasteiger partial charge on any atom is -0.480 e. The van der Waals surface area contributed by atoms with Gasteiger partial charge < -0.3 is 27.4 Å². The van der Waals surface area contributed by atoms with E-state index in [9.17, 15) is 9.59 Å². The summed E-state index contributed by atoms with van der Waals surface area (Å²) < 4.78 is 0. The van der Waals surface area contributed by atoms with Crippen molar-refractivity contribution in [3.05, 3.63) is 0 Å². The monoisotopic (exact) mass is 233 g/mol. The summed E-state index contributed by atoms with van der Waals surface area (Å²) in [6.45, 7) is -0.443. The highest BCUT2D eigenvalue weighted by Gasteiger charge is 2.20. The second-order valence-electron chi connectivity index (χ2n) is 3.67. The number of carboxylic acid groups (broad SMARTS) is 1. The van der Waals surface area contributed by atoms with Crippen LogP contribution >= 0.6 is 0 Å². The van der Waals surface area contributed by atoms with Crippen LogP contribution in [0.2, 0.25) is 0 Å². The van der Waals surface area contributed by atoms with Crippen LogP contribution in [0.5, 0.6) is 0 Å². The summed E-state index contributed by atoms with van der Waals surface area (Å²) in [5.41, 5.74) is 16.1. The van der Waals surface area contributed by atoms with Crippen molar-refractivity contribution in [3.8, 4) is 0 Å². The molecule has 1 unspecified atom stereocenters. The molecule has 0 bridgehead atoms. The van der Waals surface area contributed by atoms with Crippen molar-refractivity contribution in [1.29, 1.82) is 0 Å². The third-order valence-corrected chi connectivity index (χ3v) is 2.28. The third kappa shape index (κ3) is 5.17. The molecule has 0 radical (unpaired) electrons. The SMILES string of the molecule is NC(CCC[C@H](N)C(=O)O)C(=O)[C@@H](N)CO. The van der Waals surface area contributed by atoms with Crippen LogP contribution < -0.4 is 17.2 Å². The molecule has 16 heavy (non-hydrogen) atoms. The first-order valence-electron chi connectivity index (χ1n) is 5.04. The molecule has 7 heteroatoms. The lowest BCUT2D eigenvalue weighted by molar-refractivity contribution is -0.138. The number of aliphatic hydroxyl groups excluding tert-OH is 1. The van der Waals surface area contributed by atoms with Crippen LogP contribution in [0.1, 0.15) is 19.3 Å². The summed E-state index contributed by atoms with van der Waals surface area (Å²) in [5, 5.41) is 17.1. The molecule has 0 aromatic carbocycles. The third-order valence-electron chi connectivity index (χ3n) is 2.28. The Morgan fingerprint density at radius 1 is 1.00 bits per heavy atom. The van der Waals surface area contributed by atoms with E-state index < -0.39 is 36.5 Å². The Labute approximate surface area is 93.6 Å². The quantitative estimate of drug-likeness (QED) is 0.318. The van der Waals surface area contributed by atoms with Gasteiger partial charge in [0.15, 0.2) is 5.78 Å². The van der Waals surface area contributed by atoms with E-state index in [1.165, 1.54) is 0 Å². The maximum Gasteiger partial charge on any atom is 0.320 e. The summed E-state index contributed by atoms with van der Waals surface area (Å²) in [4.78, 5) is 21.7. The molecule has 0 saturated heterocycles. The molecule has 0 saturated carbocycles. The number of carboxylic acids is 1. The smallest absolute Gasteiger partial charge is 0.320 e. The molecule has 0 aliphatic carbocycles. The lowest BCUT2D eigenvalue weighted by atomic mass is 10.00. The van der Waals surface area contributed by atoms with Gasteiger partial charge in [0, 0.05) is 0 Å². The number of aliphatic carboxylic acids is 1. The van der Waals surface area contributed by atoms with Gasteiger partial charge in [-0.2, -0.15) is 0 Å². The molecule has 0 heterocycles. The summed E-state index contributed by atoms with van der Waals surface area (Å²) in [6.07, 6.45) is 0.997. The molecule has 3 atom stereocenters. The van der Waals surface area contributed by atoms with Gasteiger partial charge in [-0.1, -0.05) is 0 Å². The first-order chi connectivity index (χ1) is 7.40. The van der Waals surface area contributed by atoms with Crippen LogP contribution in [-0.4, -0.2) is 46.7 Å². The lowest BCUT2D eigenvalue weighted by Crippen LogP contribution is -2.45. The Morgan fingerprint density at radius 2 is 1.50 bits per heavy atom. The average Bonchev–Trinajstić information content (AvgIpc) is 2.26. The number of aliphatic hydroxyl groups is 1. The first kappa shape index (κ1) is 15.0. The van der Waals surface area contributed by atoms with Crippen molar-refractivity contribution in [2.75, 3.05) is 6.61 Å². The van der Waals surface area contributed by atoms with Crippen molar-refractivity contribution in [1.82, 2.24) is 0 Å². The van der Waals surface area contributed by atoms with Crippen molar-refractivity contribution in [3.63, 3.8) is 0 Å². The average molecular weight is 233 g/mol. The van der Waals surface area contributed by atoms with E-state index in [-0.39, 0.29) is 6.42 Å². The van der Waals surface area contributed by atoms with Gasteiger partial charge in [0.1, 0.15) is 6.04 Å². The van der Waals surface area contributed by atoms with Gasteiger partial charge in [-0.15, -0.1) is 0 Å². The van der Waals surface area contributed by atoms with E-state index in [1.54, 1.807) is 0 Å². The molecule has 0 aliphatic heterocycles. The molecule has 0 aromatic heterocycles. The molecule has 0 aromatic rings. The van der Waals surface area contributed by atoms with Gasteiger partial charge in [-0.05, 0) is 19.3 Å². The molecular formula is C9H19N3O4. The van der Waals surface area contributed by atoms with E-state index in [1.807, 2.05) is 0 Å². The molecule has 8 N–H and O–H groups in total. The van der Waals surface area contributed by atoms with E-state index in [0.29, 0.717) is 12.8 Å². The Morgan fingerprint density at radius 3 is 1.94 bits per heavy atom. The van der Waals surface area contributed by atoms with Gasteiger partial charge >= 0.3 is 5.97 Å². The molecular weight excluding hydrogens is 214 g/mol. The number of carbonyl (C=O) groups is 2. The first-order valence-corrected chi connectivity index (χ1v) is 5.04. The lowest BCUT2D eigenvalue weighted by Gasteiger charge is -2.14. The zero-order chi connectivity index (χ0) is 12.7. The fourth-order valence-corrected chi connectivity index (χ4v) is 1.19. The summed E-state index contributed by atoms with van der Waals surface area (Å²) in [7, 11) is 0. The predicted octanol–water partition coefficient (Wildman–Crippen LogP) is -2.22. The summed E-state index contributed by atoms with van der Waals surface area (Å²) >= 11 is 0. The Balaban J connectivity index is 3.85. The van der Waals surface area contributed by atoms with E-state index in [2.05, 4.69) is 0 Å². The number of Topliss-reactive ketones (excluding diaryl/α,β-unsaturated/α-hetero) is 1. The highest BCUT2D eigenvalue weighted by atomic mass is 16.4. The topological polar surface area (TPSA) is 153 Å². The highest BCUT2D eigenvalue weighted by molar-refractivity contribution is 5.88. The second-order valence-corrected chi connectivity index (χ2v) is 3.67. The second kappa shape index (κ2) is 7.29. The summed E-state index contributed by atoms with van der Waals surface area (Å²) in [6, 6.07) is -2.68. The molecule has 0 aliphatic rings. The van der Waals surface area contributed by atoms with Crippen LogP contribution in [0, 0.1) is 0 Å². The number of ketones is 1. The minimum absolute atomic E-state index is 0.255. The maximum absolute atomic E-state index is 11.3. The van der Waals surface area contributed by atoms with Gasteiger partial charge in [0.2, 0.25) is 0 Å². The molecule has 94 valence electrons. The van der Waals surface area contributed by atoms with E-state index >= 15 is 0 Å². The van der Waals surface area contributed by atoms with Gasteiger partial charge in [0.25, 0.3) is 0 Å². The number of rotatable bonds is 8. The van der Waals surface area contributed by atoms with E-state index in [0.717, 1.165) is 0 Å². The van der Waals surface area contributed by atoms with Crippen LogP contribution in [0.4, 0.5) is 0 Å². The van der Waals surface area contributed by atoms with E-state index in [4.69, 9.17) is 27.4 Å². The van der Waals surface area contributed by atoms with Gasteiger partial charge in [-0.25, -0.2) is 0 Å². The van der Waals surface area contributed by atoms with Crippen LogP contribution in [0.25, 0.3) is 0 Å². The standard InChI is InChI=1S/C9H19N3O4/c10-5(8(14)7(12)4-13)2-1-3-6(11)9(15)16/h5-7,13H,1-4,10-12H2,(H,15,16)/t5?,6-,7-/m0/s1. The Hall–Kier alpha value is -1.02. The highest BCUT2D eigenvalue weighted by Crippen LogP contribution is 2.04. The number of hydrogen-bond acceptors (Lipinski definition) is 6. The van der Waals surface area contributed by atoms with Crippen LogP contribution in [-0.2, 0) is 9.59 Å². The fraction of sp³-hybridized carbons (Fsp3) is 0.778. The zero-order valence-corrected chi connectivity index (χ0v) is 9.00. The fourth-order valence-electron chi connectivity index (χ4n) is 1.19. The Bertz CT molecular complexity index is 247. The van der Waals surface area contributed by atoms with Crippen molar-refractivity contribution < 1.29 is 19.8 Å². The number of nitrogens with two attached hydrogens (primary N) is 3. The minimum atomic E-state index is -1.08. The molecule has 7 nitrogen and oxygen atoms in total. The molecule has 0 spiro atoms. The van der Waals surface area contributed by atoms with Crippen molar-refractivity contribution in [2.45, 2.75) is 37.4 Å². The van der Waals surface area contributed by atoms with Crippen molar-refractivity contribution in [2.24, 2.45) is 17.2 Å². The normalized spacial score (nSPS) is 16.5. The zero-order valence-electron chi connectivity index (χ0n) is 9.00. The van der Waals surface area contributed by atoms with Gasteiger partial charge in [0.05, 0.1) is 18.7 Å². The molecule has 0 amide bonds. The largest absolute Gasteiger partial charge is 0.480 e. The Kier molecular flexibility index (Phi) is 6.82. The van der Waals surface area contributed by atoms with Crippen molar-refractivity contribution >= 4 is 11.8 Å². The number of carbonyl (C=O) groups excluding carboxylic acids is 1. The van der Waals surface area contributed by atoms with Crippen LogP contribution in [0.3, 0.4) is 0 Å². The van der Waals surface area contributed by atoms with Gasteiger partial charge in [-0.3, -0.25) is 9.59 Å². The molecule has 0 fully saturated rings. The number of hydrogen-bond donors (Lipinski definition) is 5.